The lowest BCUT2D eigenvalue weighted by Gasteiger charge is -2.43. The zero-order valence-corrected chi connectivity index (χ0v) is 11.1. The Balaban J connectivity index is 2.34. The number of nitrogens with two attached hydrogens (primary N) is 1. The van der Waals surface area contributed by atoms with Gasteiger partial charge in [-0.05, 0) is 32.9 Å². The maximum absolute atomic E-state index is 7.60. The monoisotopic (exact) mass is 248 g/mol. The Morgan fingerprint density at radius 3 is 2.94 bits per heavy atom. The molecule has 1 aromatic rings. The average Bonchev–Trinajstić information content (AvgIpc) is 2.26. The van der Waals surface area contributed by atoms with Gasteiger partial charge in [-0.2, -0.15) is 0 Å². The van der Waals surface area contributed by atoms with Crippen molar-refractivity contribution < 1.29 is 4.74 Å². The van der Waals surface area contributed by atoms with E-state index in [4.69, 9.17) is 15.9 Å². The number of hydrogen-bond donors (Lipinski definition) is 2. The topological polar surface area (TPSA) is 75.2 Å². The van der Waals surface area contributed by atoms with Gasteiger partial charge in [-0.1, -0.05) is 0 Å². The predicted molar refractivity (Wildman–Crippen MR) is 72.1 cm³/mol. The third-order valence-corrected chi connectivity index (χ3v) is 2.95. The van der Waals surface area contributed by atoms with Crippen LogP contribution in [0.5, 0.6) is 0 Å². The summed E-state index contributed by atoms with van der Waals surface area (Å²) in [5, 5.41) is 7.60. The third-order valence-electron chi connectivity index (χ3n) is 2.95. The average molecular weight is 248 g/mol. The molecule has 1 aliphatic heterocycles. The van der Waals surface area contributed by atoms with Gasteiger partial charge in [0.2, 0.25) is 0 Å². The van der Waals surface area contributed by atoms with E-state index in [1.807, 2.05) is 12.1 Å². The molecule has 1 saturated heterocycles. The maximum atomic E-state index is 7.60. The van der Waals surface area contributed by atoms with Crippen LogP contribution in [0, 0.1) is 5.41 Å². The number of nitrogens with zero attached hydrogens (tertiary/aromatic N) is 2. The van der Waals surface area contributed by atoms with Crippen LogP contribution in [-0.2, 0) is 4.74 Å². The standard InChI is InChI=1S/C13H20N4O/c1-9-7-17(8-13(2,3)18-9)10-5-4-6-16-11(10)12(14)15/h4-6,9H,7-8H2,1-3H3,(H3,14,15). The zero-order valence-electron chi connectivity index (χ0n) is 11.1. The molecule has 3 N–H and O–H groups in total. The van der Waals surface area contributed by atoms with E-state index >= 15 is 0 Å². The van der Waals surface area contributed by atoms with Crippen LogP contribution in [0.25, 0.3) is 0 Å². The Labute approximate surface area is 107 Å². The molecular weight excluding hydrogens is 228 g/mol. The number of hydrogen-bond acceptors (Lipinski definition) is 4. The second-order valence-electron chi connectivity index (χ2n) is 5.35. The highest BCUT2D eigenvalue weighted by atomic mass is 16.5. The molecule has 0 radical (unpaired) electrons. The number of rotatable bonds is 2. The molecule has 2 rings (SSSR count). The smallest absolute Gasteiger partial charge is 0.143 e. The number of morpholine rings is 1. The number of aromatic nitrogens is 1. The molecule has 1 aliphatic rings. The molecule has 18 heavy (non-hydrogen) atoms. The van der Waals surface area contributed by atoms with E-state index in [1.54, 1.807) is 6.20 Å². The number of nitrogens with one attached hydrogen (secondary N) is 1. The molecule has 5 nitrogen and oxygen atoms in total. The van der Waals surface area contributed by atoms with Crippen LogP contribution >= 0.6 is 0 Å². The lowest BCUT2D eigenvalue weighted by Crippen LogP contribution is -2.52. The van der Waals surface area contributed by atoms with Crippen molar-refractivity contribution in [2.24, 2.45) is 5.73 Å². The molecule has 1 atom stereocenters. The van der Waals surface area contributed by atoms with Gasteiger partial charge < -0.3 is 15.4 Å². The van der Waals surface area contributed by atoms with Crippen molar-refractivity contribution in [2.45, 2.75) is 32.5 Å². The third kappa shape index (κ3) is 2.61. The van der Waals surface area contributed by atoms with Gasteiger partial charge in [-0.25, -0.2) is 0 Å². The number of nitrogen functional groups attached to an aromatic ring is 1. The molecule has 98 valence electrons. The summed E-state index contributed by atoms with van der Waals surface area (Å²) in [6, 6.07) is 3.83. The van der Waals surface area contributed by atoms with Crippen LogP contribution in [0.1, 0.15) is 26.5 Å². The van der Waals surface area contributed by atoms with E-state index in [0.29, 0.717) is 5.69 Å². The Hall–Kier alpha value is -1.62. The van der Waals surface area contributed by atoms with E-state index in [0.717, 1.165) is 18.8 Å². The van der Waals surface area contributed by atoms with Crippen LogP contribution < -0.4 is 10.6 Å². The van der Waals surface area contributed by atoms with E-state index in [1.165, 1.54) is 0 Å². The van der Waals surface area contributed by atoms with Crippen LogP contribution in [0.3, 0.4) is 0 Å². The molecule has 0 amide bonds. The number of amidine groups is 1. The molecule has 0 saturated carbocycles. The second-order valence-corrected chi connectivity index (χ2v) is 5.35. The molecule has 0 aliphatic carbocycles. The molecule has 2 heterocycles. The van der Waals surface area contributed by atoms with Gasteiger partial charge in [0.1, 0.15) is 11.5 Å². The van der Waals surface area contributed by atoms with Crippen LogP contribution in [0.15, 0.2) is 18.3 Å². The fraction of sp³-hybridized carbons (Fsp3) is 0.538. The summed E-state index contributed by atoms with van der Waals surface area (Å²) >= 11 is 0. The van der Waals surface area contributed by atoms with Crippen LogP contribution in [0.4, 0.5) is 5.69 Å². The number of pyridine rings is 1. The summed E-state index contributed by atoms with van der Waals surface area (Å²) in [4.78, 5) is 6.39. The molecule has 1 unspecified atom stereocenters. The Morgan fingerprint density at radius 2 is 2.33 bits per heavy atom. The van der Waals surface area contributed by atoms with E-state index < -0.39 is 0 Å². The maximum Gasteiger partial charge on any atom is 0.143 e. The Kier molecular flexibility index (Phi) is 3.26. The summed E-state index contributed by atoms with van der Waals surface area (Å²) in [6.07, 6.45) is 1.81. The normalized spacial score (nSPS) is 22.8. The molecule has 0 spiro atoms. The summed E-state index contributed by atoms with van der Waals surface area (Å²) in [5.74, 6) is 0.00236. The van der Waals surface area contributed by atoms with Gasteiger partial charge in [0, 0.05) is 19.3 Å². The van der Waals surface area contributed by atoms with Gasteiger partial charge in [-0.15, -0.1) is 0 Å². The highest BCUT2D eigenvalue weighted by Crippen LogP contribution is 2.27. The minimum absolute atomic E-state index is 0.00236. The van der Waals surface area contributed by atoms with Crippen molar-refractivity contribution >= 4 is 11.5 Å². The SMILES string of the molecule is CC1CN(c2cccnc2C(=N)N)CC(C)(C)O1. The first kappa shape index (κ1) is 12.8. The zero-order chi connectivity index (χ0) is 13.3. The Morgan fingerprint density at radius 1 is 1.61 bits per heavy atom. The van der Waals surface area contributed by atoms with Gasteiger partial charge in [-0.3, -0.25) is 10.4 Å². The first-order valence-corrected chi connectivity index (χ1v) is 6.11. The van der Waals surface area contributed by atoms with Gasteiger partial charge >= 0.3 is 0 Å². The second kappa shape index (κ2) is 4.57. The van der Waals surface area contributed by atoms with Crippen molar-refractivity contribution in [3.8, 4) is 0 Å². The van der Waals surface area contributed by atoms with Gasteiger partial charge in [0.15, 0.2) is 0 Å². The van der Waals surface area contributed by atoms with Crippen molar-refractivity contribution in [1.82, 2.24) is 4.98 Å². The molecule has 0 aromatic carbocycles. The first-order valence-electron chi connectivity index (χ1n) is 6.11. The minimum atomic E-state index is -0.207. The summed E-state index contributed by atoms with van der Waals surface area (Å²) < 4.78 is 5.88. The molecule has 1 aromatic heterocycles. The summed E-state index contributed by atoms with van der Waals surface area (Å²) in [5.41, 5.74) is 6.83. The Bertz CT molecular complexity index is 458. The number of ether oxygens (including phenoxy) is 1. The lowest BCUT2D eigenvalue weighted by molar-refractivity contribution is -0.0749. The first-order chi connectivity index (χ1) is 8.39. The van der Waals surface area contributed by atoms with Crippen molar-refractivity contribution in [3.63, 3.8) is 0 Å². The van der Waals surface area contributed by atoms with Crippen molar-refractivity contribution in [3.05, 3.63) is 24.0 Å². The largest absolute Gasteiger partial charge is 0.382 e. The number of anilines is 1. The van der Waals surface area contributed by atoms with Crippen LogP contribution in [-0.4, -0.2) is 35.6 Å². The molecule has 5 heteroatoms. The lowest BCUT2D eigenvalue weighted by atomic mass is 10.0. The van der Waals surface area contributed by atoms with E-state index in [2.05, 4.69) is 30.7 Å². The predicted octanol–water partition coefficient (Wildman–Crippen LogP) is 1.37. The van der Waals surface area contributed by atoms with Crippen molar-refractivity contribution in [1.29, 1.82) is 5.41 Å². The van der Waals surface area contributed by atoms with Gasteiger partial charge in [0.05, 0.1) is 17.4 Å². The quantitative estimate of drug-likeness (QED) is 0.612. The van der Waals surface area contributed by atoms with Crippen LogP contribution in [0.2, 0.25) is 0 Å². The fourth-order valence-corrected chi connectivity index (χ4v) is 2.50. The van der Waals surface area contributed by atoms with E-state index in [-0.39, 0.29) is 17.5 Å². The minimum Gasteiger partial charge on any atom is -0.382 e. The molecule has 1 fully saturated rings. The summed E-state index contributed by atoms with van der Waals surface area (Å²) in [7, 11) is 0. The molecule has 0 bridgehead atoms. The van der Waals surface area contributed by atoms with E-state index in [9.17, 15) is 0 Å². The highest BCUT2D eigenvalue weighted by Gasteiger charge is 2.32. The van der Waals surface area contributed by atoms with Gasteiger partial charge in [0.25, 0.3) is 0 Å². The summed E-state index contributed by atoms with van der Waals surface area (Å²) in [6.45, 7) is 7.75. The fourth-order valence-electron chi connectivity index (χ4n) is 2.50. The molecular formula is C13H20N4O. The van der Waals surface area contributed by atoms with Crippen molar-refractivity contribution in [2.75, 3.05) is 18.0 Å². The highest BCUT2D eigenvalue weighted by molar-refractivity contribution is 5.98.